The van der Waals surface area contributed by atoms with Crippen molar-refractivity contribution in [3.63, 3.8) is 0 Å². The fourth-order valence-electron chi connectivity index (χ4n) is 3.60. The summed E-state index contributed by atoms with van der Waals surface area (Å²) in [6.45, 7) is 2.40. The Kier molecular flexibility index (Phi) is 3.77. The third-order valence-electron chi connectivity index (χ3n) is 4.78. The molecule has 3 fully saturated rings. The monoisotopic (exact) mass is 335 g/mol. The number of fused-ring (bicyclic) bond motifs is 2. The zero-order valence-corrected chi connectivity index (χ0v) is 13.5. The van der Waals surface area contributed by atoms with Crippen LogP contribution < -0.4 is 0 Å². The minimum absolute atomic E-state index is 0.0588. The molecule has 0 bridgehead atoms. The first-order valence-corrected chi connectivity index (χ1v) is 8.94. The van der Waals surface area contributed by atoms with E-state index in [-0.39, 0.29) is 29.7 Å². The molecule has 3 saturated heterocycles. The fraction of sp³-hybridized carbons (Fsp3) is 0.500. The molecule has 0 aliphatic carbocycles. The Morgan fingerprint density at radius 2 is 1.96 bits per heavy atom. The van der Waals surface area contributed by atoms with Gasteiger partial charge in [-0.25, -0.2) is 4.39 Å². The van der Waals surface area contributed by atoms with E-state index < -0.39 is 0 Å². The highest BCUT2D eigenvalue weighted by Crippen LogP contribution is 2.30. The van der Waals surface area contributed by atoms with Crippen LogP contribution in [0.4, 0.5) is 4.39 Å². The first-order valence-electron chi connectivity index (χ1n) is 7.79. The third kappa shape index (κ3) is 2.61. The van der Waals surface area contributed by atoms with E-state index in [2.05, 4.69) is 4.90 Å². The maximum atomic E-state index is 13.3. The van der Waals surface area contributed by atoms with Gasteiger partial charge in [-0.05, 0) is 17.7 Å². The van der Waals surface area contributed by atoms with Gasteiger partial charge in [0.15, 0.2) is 0 Å². The Morgan fingerprint density at radius 3 is 2.78 bits per heavy atom. The van der Waals surface area contributed by atoms with Crippen molar-refractivity contribution in [1.82, 2.24) is 14.7 Å². The molecule has 0 radical (unpaired) electrons. The van der Waals surface area contributed by atoms with Gasteiger partial charge < -0.3 is 9.80 Å². The van der Waals surface area contributed by atoms with Gasteiger partial charge in [0.25, 0.3) is 0 Å². The number of halogens is 1. The number of rotatable bonds is 2. The van der Waals surface area contributed by atoms with Gasteiger partial charge >= 0.3 is 0 Å². The molecule has 1 aromatic rings. The molecule has 4 rings (SSSR count). The van der Waals surface area contributed by atoms with E-state index in [0.717, 1.165) is 5.56 Å². The van der Waals surface area contributed by atoms with Crippen molar-refractivity contribution in [2.75, 3.05) is 31.3 Å². The minimum atomic E-state index is -0.389. The van der Waals surface area contributed by atoms with E-state index in [0.29, 0.717) is 37.8 Å². The third-order valence-corrected chi connectivity index (χ3v) is 5.79. The zero-order chi connectivity index (χ0) is 16.0. The fourth-order valence-corrected chi connectivity index (χ4v) is 4.75. The number of amides is 2. The van der Waals surface area contributed by atoms with Crippen molar-refractivity contribution >= 4 is 23.6 Å². The van der Waals surface area contributed by atoms with Gasteiger partial charge in [0.1, 0.15) is 17.9 Å². The lowest BCUT2D eigenvalue weighted by Gasteiger charge is -2.47. The molecule has 2 atom stereocenters. The molecule has 0 saturated carbocycles. The van der Waals surface area contributed by atoms with Crippen LogP contribution in [0.15, 0.2) is 24.3 Å². The number of carbonyl (C=O) groups is 2. The summed E-state index contributed by atoms with van der Waals surface area (Å²) in [6.07, 6.45) is 0. The summed E-state index contributed by atoms with van der Waals surface area (Å²) >= 11 is 1.64. The molecule has 5 nitrogen and oxygen atoms in total. The molecular weight excluding hydrogens is 317 g/mol. The minimum Gasteiger partial charge on any atom is -0.326 e. The molecule has 0 spiro atoms. The molecule has 0 aromatic heterocycles. The highest BCUT2D eigenvalue weighted by atomic mass is 32.2. The normalized spacial score (nSPS) is 28.0. The largest absolute Gasteiger partial charge is 0.326 e. The number of hydrogen-bond acceptors (Lipinski definition) is 4. The Morgan fingerprint density at radius 1 is 1.13 bits per heavy atom. The van der Waals surface area contributed by atoms with Crippen LogP contribution in [-0.4, -0.2) is 69.9 Å². The number of benzene rings is 1. The number of hydrogen-bond donors (Lipinski definition) is 0. The van der Waals surface area contributed by atoms with Crippen molar-refractivity contribution < 1.29 is 14.0 Å². The molecule has 23 heavy (non-hydrogen) atoms. The Bertz CT molecular complexity index is 656. The maximum absolute atomic E-state index is 13.3. The molecule has 2 amide bonds. The van der Waals surface area contributed by atoms with Crippen molar-refractivity contribution in [2.45, 2.75) is 18.6 Å². The summed E-state index contributed by atoms with van der Waals surface area (Å²) < 4.78 is 13.3. The van der Waals surface area contributed by atoms with Crippen molar-refractivity contribution in [1.29, 1.82) is 0 Å². The lowest BCUT2D eigenvalue weighted by Crippen LogP contribution is -2.69. The van der Waals surface area contributed by atoms with Crippen LogP contribution in [0.2, 0.25) is 0 Å². The Hall–Kier alpha value is -1.60. The van der Waals surface area contributed by atoms with Crippen LogP contribution >= 0.6 is 11.8 Å². The summed E-state index contributed by atoms with van der Waals surface area (Å²) in [6, 6.07) is 5.88. The van der Waals surface area contributed by atoms with Crippen molar-refractivity contribution in [3.8, 4) is 0 Å². The second-order valence-corrected chi connectivity index (χ2v) is 7.24. The van der Waals surface area contributed by atoms with E-state index in [9.17, 15) is 14.0 Å². The van der Waals surface area contributed by atoms with Gasteiger partial charge in [-0.15, -0.1) is 11.8 Å². The Labute approximate surface area is 138 Å². The van der Waals surface area contributed by atoms with E-state index >= 15 is 0 Å². The number of carbonyl (C=O) groups excluding carboxylic acids is 2. The molecule has 122 valence electrons. The van der Waals surface area contributed by atoms with Crippen LogP contribution in [0, 0.1) is 5.82 Å². The van der Waals surface area contributed by atoms with E-state index in [1.54, 1.807) is 27.6 Å². The van der Waals surface area contributed by atoms with Gasteiger partial charge in [0.05, 0.1) is 5.88 Å². The summed E-state index contributed by atoms with van der Waals surface area (Å²) in [5.74, 6) is 1.22. The van der Waals surface area contributed by atoms with E-state index in [1.165, 1.54) is 12.1 Å². The average Bonchev–Trinajstić information content (AvgIpc) is 3.03. The van der Waals surface area contributed by atoms with Crippen LogP contribution in [-0.2, 0) is 16.1 Å². The van der Waals surface area contributed by atoms with Gasteiger partial charge in [-0.1, -0.05) is 12.1 Å². The molecule has 3 aliphatic heterocycles. The van der Waals surface area contributed by atoms with Crippen LogP contribution in [0.5, 0.6) is 0 Å². The lowest BCUT2D eigenvalue weighted by molar-refractivity contribution is -0.162. The highest BCUT2D eigenvalue weighted by molar-refractivity contribution is 7.99. The molecular formula is C16H18FN3O2S. The summed E-state index contributed by atoms with van der Waals surface area (Å²) in [4.78, 5) is 30.8. The van der Waals surface area contributed by atoms with E-state index in [1.807, 2.05) is 6.07 Å². The standard InChI is InChI=1S/C16H18FN3O2S/c17-12-3-1-2-11(6-12)7-18-4-5-19-13(8-18)15(21)20-10-23-9-14(20)16(19)22/h1-3,6,13-14H,4-5,7-10H2/t13-,14+/m1/s1. The first-order chi connectivity index (χ1) is 11.1. The quantitative estimate of drug-likeness (QED) is 0.800. The van der Waals surface area contributed by atoms with Crippen LogP contribution in [0.1, 0.15) is 5.56 Å². The van der Waals surface area contributed by atoms with Gasteiger partial charge in [0.2, 0.25) is 11.8 Å². The molecule has 1 aromatic carbocycles. The number of piperazine rings is 2. The van der Waals surface area contributed by atoms with Gasteiger partial charge in [-0.2, -0.15) is 0 Å². The summed E-state index contributed by atoms with van der Waals surface area (Å²) in [5, 5.41) is 0. The Balaban J connectivity index is 1.49. The predicted molar refractivity (Wildman–Crippen MR) is 85.1 cm³/mol. The van der Waals surface area contributed by atoms with Gasteiger partial charge in [0, 0.05) is 31.9 Å². The van der Waals surface area contributed by atoms with Crippen LogP contribution in [0.3, 0.4) is 0 Å². The number of thioether (sulfide) groups is 1. The summed E-state index contributed by atoms with van der Waals surface area (Å²) in [5.41, 5.74) is 0.891. The molecule has 7 heteroatoms. The highest BCUT2D eigenvalue weighted by Gasteiger charge is 2.49. The SMILES string of the molecule is O=C1[C@@H]2CSCN2C(=O)[C@H]2CN(Cc3cccc(F)c3)CCN12. The van der Waals surface area contributed by atoms with Crippen molar-refractivity contribution in [2.24, 2.45) is 0 Å². The van der Waals surface area contributed by atoms with Gasteiger partial charge in [-0.3, -0.25) is 14.5 Å². The second kappa shape index (κ2) is 5.79. The maximum Gasteiger partial charge on any atom is 0.248 e. The molecule has 3 aliphatic rings. The van der Waals surface area contributed by atoms with E-state index in [4.69, 9.17) is 0 Å². The first kappa shape index (κ1) is 15.0. The predicted octanol–water partition coefficient (Wildman–Crippen LogP) is 0.754. The lowest BCUT2D eigenvalue weighted by atomic mass is 10.0. The molecule has 0 unspecified atom stereocenters. The van der Waals surface area contributed by atoms with Crippen LogP contribution in [0.25, 0.3) is 0 Å². The smallest absolute Gasteiger partial charge is 0.248 e. The zero-order valence-electron chi connectivity index (χ0n) is 12.7. The second-order valence-electron chi connectivity index (χ2n) is 6.24. The average molecular weight is 335 g/mol. The van der Waals surface area contributed by atoms with Crippen molar-refractivity contribution in [3.05, 3.63) is 35.6 Å². The molecule has 0 N–H and O–H groups in total. The summed E-state index contributed by atoms with van der Waals surface area (Å²) in [7, 11) is 0. The number of nitrogens with zero attached hydrogens (tertiary/aromatic N) is 3. The topological polar surface area (TPSA) is 43.9 Å². The molecule has 3 heterocycles.